The SMILES string of the molecule is Cc1cccc2cc(CN(CCCO)S(=O)(=O)c3cccc4nsnc34)c(=O)[nH]c12. The Kier molecular flexibility index (Phi) is 5.65. The lowest BCUT2D eigenvalue weighted by atomic mass is 10.1. The zero-order valence-corrected chi connectivity index (χ0v) is 17.8. The highest BCUT2D eigenvalue weighted by molar-refractivity contribution is 7.89. The maximum absolute atomic E-state index is 13.5. The van der Waals surface area contributed by atoms with Crippen LogP contribution in [0.15, 0.2) is 52.2 Å². The largest absolute Gasteiger partial charge is 0.396 e. The summed E-state index contributed by atoms with van der Waals surface area (Å²) in [7, 11) is -3.97. The fourth-order valence-corrected chi connectivity index (χ4v) is 5.61. The molecule has 0 saturated heterocycles. The molecular weight excluding hydrogens is 424 g/mol. The molecule has 0 fully saturated rings. The number of benzene rings is 2. The number of aryl methyl sites for hydroxylation is 1. The molecule has 0 aliphatic heterocycles. The molecule has 8 nitrogen and oxygen atoms in total. The number of aromatic amines is 1. The van der Waals surface area contributed by atoms with Crippen LogP contribution in [0.3, 0.4) is 0 Å². The first-order valence-corrected chi connectivity index (χ1v) is 11.5. The second-order valence-electron chi connectivity index (χ2n) is 6.97. The summed E-state index contributed by atoms with van der Waals surface area (Å²) in [6, 6.07) is 12.2. The summed E-state index contributed by atoms with van der Waals surface area (Å²) in [4.78, 5) is 15.6. The minimum atomic E-state index is -3.97. The number of fused-ring (bicyclic) bond motifs is 2. The molecule has 0 unspecified atom stereocenters. The van der Waals surface area contributed by atoms with Gasteiger partial charge in [0, 0.05) is 25.3 Å². The summed E-state index contributed by atoms with van der Waals surface area (Å²) < 4.78 is 36.4. The fourth-order valence-electron chi connectivity index (χ4n) is 3.40. The van der Waals surface area contributed by atoms with Gasteiger partial charge in [0.1, 0.15) is 15.9 Å². The number of pyridine rings is 1. The quantitative estimate of drug-likeness (QED) is 0.452. The van der Waals surface area contributed by atoms with E-state index in [0.717, 1.165) is 28.2 Å². The highest BCUT2D eigenvalue weighted by atomic mass is 32.2. The molecule has 0 radical (unpaired) electrons. The predicted molar refractivity (Wildman–Crippen MR) is 116 cm³/mol. The molecule has 0 spiro atoms. The molecule has 10 heteroatoms. The molecule has 4 aromatic rings. The van der Waals surface area contributed by atoms with Gasteiger partial charge in [-0.05, 0) is 42.5 Å². The lowest BCUT2D eigenvalue weighted by Crippen LogP contribution is -2.34. The number of rotatable bonds is 7. The van der Waals surface area contributed by atoms with Gasteiger partial charge in [-0.15, -0.1) is 0 Å². The van der Waals surface area contributed by atoms with E-state index in [1.54, 1.807) is 18.2 Å². The van der Waals surface area contributed by atoms with E-state index in [4.69, 9.17) is 0 Å². The van der Waals surface area contributed by atoms with Crippen LogP contribution in [0.1, 0.15) is 17.5 Å². The van der Waals surface area contributed by atoms with E-state index in [0.29, 0.717) is 16.6 Å². The van der Waals surface area contributed by atoms with Gasteiger partial charge >= 0.3 is 0 Å². The van der Waals surface area contributed by atoms with Crippen LogP contribution in [-0.4, -0.2) is 44.7 Å². The van der Waals surface area contributed by atoms with Crippen molar-refractivity contribution >= 4 is 43.7 Å². The molecule has 0 amide bonds. The van der Waals surface area contributed by atoms with Crippen molar-refractivity contribution in [3.63, 3.8) is 0 Å². The maximum Gasteiger partial charge on any atom is 0.252 e. The summed E-state index contributed by atoms with van der Waals surface area (Å²) in [5.41, 5.74) is 2.47. The Morgan fingerprint density at radius 2 is 1.97 bits per heavy atom. The number of para-hydroxylation sites is 1. The molecule has 2 N–H and O–H groups in total. The number of hydrogen-bond acceptors (Lipinski definition) is 7. The average molecular weight is 445 g/mol. The first-order valence-electron chi connectivity index (χ1n) is 9.35. The molecule has 2 aromatic heterocycles. The summed E-state index contributed by atoms with van der Waals surface area (Å²) >= 11 is 0.944. The van der Waals surface area contributed by atoms with E-state index in [2.05, 4.69) is 13.7 Å². The average Bonchev–Trinajstić information content (AvgIpc) is 3.20. The number of hydrogen-bond donors (Lipinski definition) is 2. The highest BCUT2D eigenvalue weighted by Gasteiger charge is 2.28. The van der Waals surface area contributed by atoms with Gasteiger partial charge in [0.05, 0.1) is 17.2 Å². The molecule has 2 heterocycles. The Bertz CT molecular complexity index is 1380. The van der Waals surface area contributed by atoms with Crippen molar-refractivity contribution in [2.75, 3.05) is 13.2 Å². The molecule has 0 aliphatic carbocycles. The van der Waals surface area contributed by atoms with E-state index < -0.39 is 10.0 Å². The Morgan fingerprint density at radius 3 is 2.77 bits per heavy atom. The van der Waals surface area contributed by atoms with Gasteiger partial charge in [0.15, 0.2) is 0 Å². The molecule has 0 bridgehead atoms. The van der Waals surface area contributed by atoms with Gasteiger partial charge in [-0.2, -0.15) is 13.1 Å². The molecule has 156 valence electrons. The predicted octanol–water partition coefficient (Wildman–Crippen LogP) is 2.41. The summed E-state index contributed by atoms with van der Waals surface area (Å²) in [6.07, 6.45) is 0.245. The van der Waals surface area contributed by atoms with Crippen LogP contribution in [0.5, 0.6) is 0 Å². The van der Waals surface area contributed by atoms with Crippen molar-refractivity contribution in [3.8, 4) is 0 Å². The van der Waals surface area contributed by atoms with E-state index >= 15 is 0 Å². The standard InChI is InChI=1S/C20H20N4O4S2/c1-13-5-2-6-14-11-15(20(26)21-18(13)14)12-24(9-4-10-25)30(27,28)17-8-3-7-16-19(17)23-29-22-16/h2-3,5-8,11,25H,4,9-10,12H2,1H3,(H,21,26). The summed E-state index contributed by atoms with van der Waals surface area (Å²) in [6.45, 7) is 1.69. The van der Waals surface area contributed by atoms with Crippen molar-refractivity contribution in [1.29, 1.82) is 0 Å². The van der Waals surface area contributed by atoms with Crippen LogP contribution < -0.4 is 5.56 Å². The topological polar surface area (TPSA) is 116 Å². The van der Waals surface area contributed by atoms with E-state index in [-0.39, 0.29) is 36.6 Å². The maximum atomic E-state index is 13.5. The Morgan fingerprint density at radius 1 is 1.17 bits per heavy atom. The third-order valence-electron chi connectivity index (χ3n) is 4.94. The molecule has 0 aliphatic rings. The van der Waals surface area contributed by atoms with Gasteiger partial charge in [-0.1, -0.05) is 24.3 Å². The zero-order chi connectivity index (χ0) is 21.3. The minimum Gasteiger partial charge on any atom is -0.396 e. The van der Waals surface area contributed by atoms with Gasteiger partial charge in [0.25, 0.3) is 5.56 Å². The number of aliphatic hydroxyl groups excluding tert-OH is 1. The number of sulfonamides is 1. The smallest absolute Gasteiger partial charge is 0.252 e. The first kappa shape index (κ1) is 20.6. The molecule has 0 atom stereocenters. The zero-order valence-electron chi connectivity index (χ0n) is 16.2. The number of aliphatic hydroxyl groups is 1. The molecule has 0 saturated carbocycles. The van der Waals surface area contributed by atoms with E-state index in [1.807, 2.05) is 25.1 Å². The van der Waals surface area contributed by atoms with Gasteiger partial charge < -0.3 is 10.1 Å². The monoisotopic (exact) mass is 444 g/mol. The van der Waals surface area contributed by atoms with Crippen molar-refractivity contribution in [1.82, 2.24) is 18.0 Å². The number of aromatic nitrogens is 3. The Hall–Kier alpha value is -2.66. The van der Waals surface area contributed by atoms with Crippen LogP contribution >= 0.6 is 11.7 Å². The lowest BCUT2D eigenvalue weighted by molar-refractivity contribution is 0.267. The minimum absolute atomic E-state index is 0.0414. The van der Waals surface area contributed by atoms with E-state index in [1.165, 1.54) is 10.4 Å². The van der Waals surface area contributed by atoms with E-state index in [9.17, 15) is 18.3 Å². The van der Waals surface area contributed by atoms with Crippen LogP contribution in [0, 0.1) is 6.92 Å². The molecular formula is C20H20N4O4S2. The third kappa shape index (κ3) is 3.74. The van der Waals surface area contributed by atoms with Crippen LogP contribution in [0.2, 0.25) is 0 Å². The molecule has 2 aromatic carbocycles. The number of nitrogens with zero attached hydrogens (tertiary/aromatic N) is 3. The normalized spacial score (nSPS) is 12.2. The third-order valence-corrected chi connectivity index (χ3v) is 7.36. The number of nitrogens with one attached hydrogen (secondary N) is 1. The summed E-state index contributed by atoms with van der Waals surface area (Å²) in [5, 5.41) is 10.1. The first-order chi connectivity index (χ1) is 14.4. The second-order valence-corrected chi connectivity index (χ2v) is 9.40. The second kappa shape index (κ2) is 8.23. The fraction of sp³-hybridized carbons (Fsp3) is 0.250. The Labute approximate surface area is 177 Å². The lowest BCUT2D eigenvalue weighted by Gasteiger charge is -2.22. The van der Waals surface area contributed by atoms with Crippen molar-refractivity contribution in [3.05, 3.63) is 63.9 Å². The van der Waals surface area contributed by atoms with Crippen molar-refractivity contribution < 1.29 is 13.5 Å². The highest BCUT2D eigenvalue weighted by Crippen LogP contribution is 2.26. The van der Waals surface area contributed by atoms with Gasteiger partial charge in [-0.25, -0.2) is 8.42 Å². The van der Waals surface area contributed by atoms with Gasteiger partial charge in [0.2, 0.25) is 10.0 Å². The van der Waals surface area contributed by atoms with Gasteiger partial charge in [-0.3, -0.25) is 4.79 Å². The molecule has 30 heavy (non-hydrogen) atoms. The summed E-state index contributed by atoms with van der Waals surface area (Å²) in [5.74, 6) is 0. The molecule has 4 rings (SSSR count). The van der Waals surface area contributed by atoms with Crippen LogP contribution in [0.4, 0.5) is 0 Å². The van der Waals surface area contributed by atoms with Crippen LogP contribution in [-0.2, 0) is 16.6 Å². The Balaban J connectivity index is 1.78. The van der Waals surface area contributed by atoms with Crippen molar-refractivity contribution in [2.24, 2.45) is 0 Å². The van der Waals surface area contributed by atoms with Crippen LogP contribution in [0.25, 0.3) is 21.9 Å². The van der Waals surface area contributed by atoms with Crippen molar-refractivity contribution in [2.45, 2.75) is 24.8 Å². The number of H-pyrrole nitrogens is 1.